The van der Waals surface area contributed by atoms with Crippen molar-refractivity contribution in [2.45, 2.75) is 45.8 Å². The molecule has 0 aromatic heterocycles. The SMILES string of the molecule is CCCc1ccccc1NCC1CN(C(C)C)CCO1. The van der Waals surface area contributed by atoms with Crippen LogP contribution in [0.15, 0.2) is 24.3 Å². The molecule has 0 radical (unpaired) electrons. The van der Waals surface area contributed by atoms with Gasteiger partial charge < -0.3 is 10.1 Å². The topological polar surface area (TPSA) is 24.5 Å². The van der Waals surface area contributed by atoms with E-state index in [-0.39, 0.29) is 0 Å². The molecule has 1 aliphatic rings. The highest BCUT2D eigenvalue weighted by Crippen LogP contribution is 2.17. The summed E-state index contributed by atoms with van der Waals surface area (Å²) in [6.45, 7) is 10.6. The molecule has 112 valence electrons. The maximum absolute atomic E-state index is 5.88. The number of nitrogens with zero attached hydrogens (tertiary/aromatic N) is 1. The summed E-state index contributed by atoms with van der Waals surface area (Å²) >= 11 is 0. The molecule has 1 aromatic carbocycles. The molecule has 1 atom stereocenters. The van der Waals surface area contributed by atoms with E-state index in [0.29, 0.717) is 12.1 Å². The fourth-order valence-corrected chi connectivity index (χ4v) is 2.74. The Balaban J connectivity index is 1.88. The van der Waals surface area contributed by atoms with Crippen molar-refractivity contribution in [3.8, 4) is 0 Å². The summed E-state index contributed by atoms with van der Waals surface area (Å²) < 4.78 is 5.88. The first-order chi connectivity index (χ1) is 9.70. The third kappa shape index (κ3) is 4.22. The minimum atomic E-state index is 0.292. The molecule has 1 heterocycles. The predicted octanol–water partition coefficient (Wildman–Crippen LogP) is 3.16. The van der Waals surface area contributed by atoms with Gasteiger partial charge in [0.1, 0.15) is 0 Å². The average molecular weight is 276 g/mol. The first-order valence-corrected chi connectivity index (χ1v) is 7.88. The number of para-hydroxylation sites is 1. The molecule has 20 heavy (non-hydrogen) atoms. The Morgan fingerprint density at radius 1 is 1.35 bits per heavy atom. The molecule has 2 rings (SSSR count). The van der Waals surface area contributed by atoms with Gasteiger partial charge in [-0.2, -0.15) is 0 Å². The van der Waals surface area contributed by atoms with Gasteiger partial charge in [0.15, 0.2) is 0 Å². The molecule has 1 N–H and O–H groups in total. The number of nitrogens with one attached hydrogen (secondary N) is 1. The van der Waals surface area contributed by atoms with Crippen molar-refractivity contribution >= 4 is 5.69 Å². The van der Waals surface area contributed by atoms with Crippen LogP contribution in [0.5, 0.6) is 0 Å². The van der Waals surface area contributed by atoms with Crippen LogP contribution < -0.4 is 5.32 Å². The number of anilines is 1. The highest BCUT2D eigenvalue weighted by molar-refractivity contribution is 5.51. The van der Waals surface area contributed by atoms with Gasteiger partial charge in [0, 0.05) is 31.4 Å². The van der Waals surface area contributed by atoms with Crippen molar-refractivity contribution in [1.82, 2.24) is 4.90 Å². The maximum atomic E-state index is 5.88. The van der Waals surface area contributed by atoms with Gasteiger partial charge in [-0.05, 0) is 31.9 Å². The van der Waals surface area contributed by atoms with E-state index < -0.39 is 0 Å². The van der Waals surface area contributed by atoms with Crippen molar-refractivity contribution in [1.29, 1.82) is 0 Å². The number of morpholine rings is 1. The van der Waals surface area contributed by atoms with Crippen molar-refractivity contribution in [3.63, 3.8) is 0 Å². The minimum absolute atomic E-state index is 0.292. The summed E-state index contributed by atoms with van der Waals surface area (Å²) in [5.74, 6) is 0. The van der Waals surface area contributed by atoms with Crippen molar-refractivity contribution in [3.05, 3.63) is 29.8 Å². The van der Waals surface area contributed by atoms with Crippen molar-refractivity contribution in [2.75, 3.05) is 31.6 Å². The molecule has 1 aliphatic heterocycles. The highest BCUT2D eigenvalue weighted by Gasteiger charge is 2.22. The minimum Gasteiger partial charge on any atom is -0.382 e. The molecule has 0 aliphatic carbocycles. The fourth-order valence-electron chi connectivity index (χ4n) is 2.74. The van der Waals surface area contributed by atoms with Gasteiger partial charge in [0.25, 0.3) is 0 Å². The second-order valence-corrected chi connectivity index (χ2v) is 5.87. The van der Waals surface area contributed by atoms with Gasteiger partial charge >= 0.3 is 0 Å². The third-order valence-electron chi connectivity index (χ3n) is 3.96. The Bertz CT molecular complexity index is 406. The zero-order valence-electron chi connectivity index (χ0n) is 13.1. The van der Waals surface area contributed by atoms with Gasteiger partial charge in [-0.15, -0.1) is 0 Å². The lowest BCUT2D eigenvalue weighted by molar-refractivity contribution is -0.0315. The summed E-state index contributed by atoms with van der Waals surface area (Å²) in [5.41, 5.74) is 2.67. The number of benzene rings is 1. The molecule has 3 heteroatoms. The van der Waals surface area contributed by atoms with E-state index in [1.54, 1.807) is 0 Å². The normalized spacial score (nSPS) is 20.3. The standard InChI is InChI=1S/C17H28N2O/c1-4-7-15-8-5-6-9-17(15)18-12-16-13-19(14(2)3)10-11-20-16/h5-6,8-9,14,16,18H,4,7,10-13H2,1-3H3. The van der Waals surface area contributed by atoms with Gasteiger partial charge in [-0.3, -0.25) is 4.90 Å². The van der Waals surface area contributed by atoms with E-state index in [0.717, 1.165) is 32.7 Å². The Hall–Kier alpha value is -1.06. The number of rotatable bonds is 6. The first kappa shape index (κ1) is 15.3. The van der Waals surface area contributed by atoms with Gasteiger partial charge in [0.05, 0.1) is 12.7 Å². The molecule has 0 amide bonds. The Morgan fingerprint density at radius 2 is 2.15 bits per heavy atom. The fraction of sp³-hybridized carbons (Fsp3) is 0.647. The average Bonchev–Trinajstić information content (AvgIpc) is 2.47. The summed E-state index contributed by atoms with van der Waals surface area (Å²) in [6.07, 6.45) is 2.60. The van der Waals surface area contributed by atoms with Crippen LogP contribution in [0.25, 0.3) is 0 Å². The lowest BCUT2D eigenvalue weighted by atomic mass is 10.1. The van der Waals surface area contributed by atoms with Crippen LogP contribution in [-0.4, -0.2) is 43.3 Å². The monoisotopic (exact) mass is 276 g/mol. The lowest BCUT2D eigenvalue weighted by Crippen LogP contribution is -2.48. The summed E-state index contributed by atoms with van der Waals surface area (Å²) in [4.78, 5) is 2.49. The van der Waals surface area contributed by atoms with Gasteiger partial charge in [-0.1, -0.05) is 31.5 Å². The number of hydrogen-bond donors (Lipinski definition) is 1. The molecule has 1 aromatic rings. The van der Waals surface area contributed by atoms with Crippen LogP contribution in [0.4, 0.5) is 5.69 Å². The van der Waals surface area contributed by atoms with Crippen LogP contribution in [0.3, 0.4) is 0 Å². The van der Waals surface area contributed by atoms with E-state index in [1.165, 1.54) is 17.7 Å². The van der Waals surface area contributed by atoms with E-state index in [4.69, 9.17) is 4.74 Å². The third-order valence-corrected chi connectivity index (χ3v) is 3.96. The van der Waals surface area contributed by atoms with E-state index in [2.05, 4.69) is 55.3 Å². The second kappa shape index (κ2) is 7.65. The van der Waals surface area contributed by atoms with E-state index >= 15 is 0 Å². The second-order valence-electron chi connectivity index (χ2n) is 5.87. The number of hydrogen-bond acceptors (Lipinski definition) is 3. The lowest BCUT2D eigenvalue weighted by Gasteiger charge is -2.35. The summed E-state index contributed by atoms with van der Waals surface area (Å²) in [5, 5.41) is 3.58. The van der Waals surface area contributed by atoms with E-state index in [1.807, 2.05) is 0 Å². The van der Waals surface area contributed by atoms with Gasteiger partial charge in [-0.25, -0.2) is 0 Å². The number of aryl methyl sites for hydroxylation is 1. The van der Waals surface area contributed by atoms with Crippen molar-refractivity contribution in [2.24, 2.45) is 0 Å². The van der Waals surface area contributed by atoms with E-state index in [9.17, 15) is 0 Å². The molecular formula is C17H28N2O. The summed E-state index contributed by atoms with van der Waals surface area (Å²) in [7, 11) is 0. The van der Waals surface area contributed by atoms with Crippen LogP contribution >= 0.6 is 0 Å². The van der Waals surface area contributed by atoms with Crippen molar-refractivity contribution < 1.29 is 4.74 Å². The van der Waals surface area contributed by atoms with Crippen LogP contribution in [0.2, 0.25) is 0 Å². The Kier molecular flexibility index (Phi) is 5.86. The molecule has 1 fully saturated rings. The molecule has 0 spiro atoms. The Morgan fingerprint density at radius 3 is 2.90 bits per heavy atom. The molecule has 1 saturated heterocycles. The van der Waals surface area contributed by atoms with Gasteiger partial charge in [0.2, 0.25) is 0 Å². The molecule has 0 bridgehead atoms. The van der Waals surface area contributed by atoms with Crippen LogP contribution in [0.1, 0.15) is 32.8 Å². The van der Waals surface area contributed by atoms with Crippen LogP contribution in [0, 0.1) is 0 Å². The first-order valence-electron chi connectivity index (χ1n) is 7.88. The van der Waals surface area contributed by atoms with Crippen LogP contribution in [-0.2, 0) is 11.2 Å². The Labute approximate surface area is 123 Å². The molecule has 0 saturated carbocycles. The smallest absolute Gasteiger partial charge is 0.0874 e. The number of ether oxygens (including phenoxy) is 1. The quantitative estimate of drug-likeness (QED) is 0.864. The zero-order chi connectivity index (χ0) is 14.4. The zero-order valence-corrected chi connectivity index (χ0v) is 13.1. The molecular weight excluding hydrogens is 248 g/mol. The maximum Gasteiger partial charge on any atom is 0.0874 e. The largest absolute Gasteiger partial charge is 0.382 e. The summed E-state index contributed by atoms with van der Waals surface area (Å²) in [6, 6.07) is 9.22. The molecule has 3 nitrogen and oxygen atoms in total. The molecule has 1 unspecified atom stereocenters. The highest BCUT2D eigenvalue weighted by atomic mass is 16.5. The predicted molar refractivity (Wildman–Crippen MR) is 85.4 cm³/mol.